The van der Waals surface area contributed by atoms with Crippen LogP contribution in [0.1, 0.15) is 38.3 Å². The molecule has 126 valence electrons. The van der Waals surface area contributed by atoms with Crippen LogP contribution >= 0.6 is 11.3 Å². The standard InChI is InChI=1S/C16H18N4O3S/c1-4-20-8-17-6-10(20)7-19(3)15(21)11-5-12-14(18-11)13(16(22)23)9(2)24-12/h5-6,8,18H,4,7H2,1-3H3,(H,22,23). The van der Waals surface area contributed by atoms with Gasteiger partial charge in [0, 0.05) is 24.7 Å². The highest BCUT2D eigenvalue weighted by atomic mass is 32.1. The molecule has 3 rings (SSSR count). The average Bonchev–Trinajstić information content (AvgIpc) is 3.19. The fraction of sp³-hybridized carbons (Fsp3) is 0.312. The highest BCUT2D eigenvalue weighted by Gasteiger charge is 2.21. The van der Waals surface area contributed by atoms with Gasteiger partial charge in [0.05, 0.1) is 34.3 Å². The highest BCUT2D eigenvalue weighted by molar-refractivity contribution is 7.19. The third-order valence-corrected chi connectivity index (χ3v) is 5.03. The normalized spacial score (nSPS) is 11.1. The number of aromatic amines is 1. The van der Waals surface area contributed by atoms with Crippen LogP contribution in [0.15, 0.2) is 18.6 Å². The average molecular weight is 346 g/mol. The van der Waals surface area contributed by atoms with E-state index in [1.54, 1.807) is 37.5 Å². The number of carbonyl (C=O) groups excluding carboxylic acids is 1. The fourth-order valence-electron chi connectivity index (χ4n) is 2.75. The topological polar surface area (TPSA) is 91.2 Å². The Kier molecular flexibility index (Phi) is 4.15. The first-order valence-corrected chi connectivity index (χ1v) is 8.33. The molecule has 0 bridgehead atoms. The van der Waals surface area contributed by atoms with Gasteiger partial charge in [-0.25, -0.2) is 9.78 Å². The van der Waals surface area contributed by atoms with E-state index >= 15 is 0 Å². The summed E-state index contributed by atoms with van der Waals surface area (Å²) in [6.45, 7) is 5.00. The number of nitrogens with one attached hydrogen (secondary N) is 1. The number of amides is 1. The van der Waals surface area contributed by atoms with Gasteiger partial charge in [0.1, 0.15) is 5.69 Å². The number of imidazole rings is 1. The Bertz CT molecular complexity index is 921. The van der Waals surface area contributed by atoms with Crippen LogP contribution < -0.4 is 0 Å². The van der Waals surface area contributed by atoms with Crippen molar-refractivity contribution in [3.8, 4) is 0 Å². The summed E-state index contributed by atoms with van der Waals surface area (Å²) in [5.74, 6) is -1.17. The van der Waals surface area contributed by atoms with Gasteiger partial charge in [-0.15, -0.1) is 11.3 Å². The van der Waals surface area contributed by atoms with Crippen LogP contribution in [0.5, 0.6) is 0 Å². The molecule has 0 radical (unpaired) electrons. The van der Waals surface area contributed by atoms with Crippen molar-refractivity contribution in [1.29, 1.82) is 0 Å². The lowest BCUT2D eigenvalue weighted by Crippen LogP contribution is -2.27. The monoisotopic (exact) mass is 346 g/mol. The molecule has 0 unspecified atom stereocenters. The molecule has 8 heteroatoms. The number of aromatic carboxylic acids is 1. The summed E-state index contributed by atoms with van der Waals surface area (Å²) >= 11 is 1.37. The molecule has 3 aromatic heterocycles. The zero-order valence-electron chi connectivity index (χ0n) is 13.7. The lowest BCUT2D eigenvalue weighted by Gasteiger charge is -2.17. The highest BCUT2D eigenvalue weighted by Crippen LogP contribution is 2.31. The van der Waals surface area contributed by atoms with Gasteiger partial charge in [-0.1, -0.05) is 0 Å². The second-order valence-electron chi connectivity index (χ2n) is 5.59. The van der Waals surface area contributed by atoms with Crippen LogP contribution in [0.2, 0.25) is 0 Å². The van der Waals surface area contributed by atoms with Gasteiger partial charge in [0.25, 0.3) is 5.91 Å². The lowest BCUT2D eigenvalue weighted by atomic mass is 10.2. The van der Waals surface area contributed by atoms with Crippen LogP contribution in [-0.4, -0.2) is 43.5 Å². The minimum Gasteiger partial charge on any atom is -0.478 e. The molecule has 0 aliphatic rings. The van der Waals surface area contributed by atoms with E-state index in [9.17, 15) is 14.7 Å². The first-order valence-electron chi connectivity index (χ1n) is 7.52. The number of H-pyrrole nitrogens is 1. The van der Waals surface area contributed by atoms with Gasteiger partial charge in [0.2, 0.25) is 0 Å². The molecule has 0 saturated carbocycles. The number of carbonyl (C=O) groups is 2. The van der Waals surface area contributed by atoms with Crippen LogP contribution in [0.3, 0.4) is 0 Å². The molecule has 24 heavy (non-hydrogen) atoms. The Morgan fingerprint density at radius 1 is 1.46 bits per heavy atom. The molecule has 0 spiro atoms. The van der Waals surface area contributed by atoms with Gasteiger partial charge >= 0.3 is 5.97 Å². The summed E-state index contributed by atoms with van der Waals surface area (Å²) in [7, 11) is 1.72. The summed E-state index contributed by atoms with van der Waals surface area (Å²) < 4.78 is 2.75. The second kappa shape index (κ2) is 6.12. The first-order chi connectivity index (χ1) is 11.4. The molecule has 3 heterocycles. The SMILES string of the molecule is CCn1cncc1CN(C)C(=O)c1cc2sc(C)c(C(=O)O)c2[nH]1. The van der Waals surface area contributed by atoms with Crippen LogP contribution in [-0.2, 0) is 13.1 Å². The first kappa shape index (κ1) is 16.3. The maximum atomic E-state index is 12.6. The summed E-state index contributed by atoms with van der Waals surface area (Å²) in [4.78, 5) is 33.4. The molecule has 2 N–H and O–H groups in total. The number of hydrogen-bond acceptors (Lipinski definition) is 4. The van der Waals surface area contributed by atoms with Crippen molar-refractivity contribution < 1.29 is 14.7 Å². The van der Waals surface area contributed by atoms with Crippen molar-refractivity contribution in [2.75, 3.05) is 7.05 Å². The minimum absolute atomic E-state index is 0.184. The largest absolute Gasteiger partial charge is 0.478 e. The third kappa shape index (κ3) is 2.69. The third-order valence-electron chi connectivity index (χ3n) is 3.98. The molecule has 0 aromatic carbocycles. The van der Waals surface area contributed by atoms with E-state index in [1.165, 1.54) is 11.3 Å². The van der Waals surface area contributed by atoms with Gasteiger partial charge in [-0.2, -0.15) is 0 Å². The smallest absolute Gasteiger partial charge is 0.338 e. The minimum atomic E-state index is -0.986. The number of fused-ring (bicyclic) bond motifs is 1. The number of nitrogens with zero attached hydrogens (tertiary/aromatic N) is 3. The summed E-state index contributed by atoms with van der Waals surface area (Å²) in [6, 6.07) is 1.72. The molecule has 0 atom stereocenters. The molecule has 7 nitrogen and oxygen atoms in total. The van der Waals surface area contributed by atoms with E-state index in [4.69, 9.17) is 0 Å². The number of aromatic nitrogens is 3. The van der Waals surface area contributed by atoms with Gasteiger partial charge in [0.15, 0.2) is 0 Å². The predicted molar refractivity (Wildman–Crippen MR) is 91.6 cm³/mol. The molecule has 0 fully saturated rings. The Balaban J connectivity index is 1.87. The van der Waals surface area contributed by atoms with Crippen LogP contribution in [0, 0.1) is 6.92 Å². The summed E-state index contributed by atoms with van der Waals surface area (Å²) in [5.41, 5.74) is 2.09. The quantitative estimate of drug-likeness (QED) is 0.743. The Morgan fingerprint density at radius 3 is 2.88 bits per heavy atom. The van der Waals surface area contributed by atoms with E-state index in [2.05, 4.69) is 9.97 Å². The van der Waals surface area contributed by atoms with E-state index in [0.717, 1.165) is 21.8 Å². The molecule has 0 aliphatic heterocycles. The molecule has 1 amide bonds. The molecule has 3 aromatic rings. The maximum Gasteiger partial charge on any atom is 0.338 e. The Morgan fingerprint density at radius 2 is 2.21 bits per heavy atom. The molecule has 0 aliphatic carbocycles. The summed E-state index contributed by atoms with van der Waals surface area (Å²) in [6.07, 6.45) is 3.48. The van der Waals surface area contributed by atoms with Crippen molar-refractivity contribution in [2.24, 2.45) is 0 Å². The van der Waals surface area contributed by atoms with Gasteiger partial charge in [-0.3, -0.25) is 4.79 Å². The van der Waals surface area contributed by atoms with Crippen molar-refractivity contribution in [3.63, 3.8) is 0 Å². The van der Waals surface area contributed by atoms with Crippen LogP contribution in [0.4, 0.5) is 0 Å². The zero-order valence-corrected chi connectivity index (χ0v) is 14.5. The molecular formula is C16H18N4O3S. The zero-order chi connectivity index (χ0) is 17.4. The fourth-order valence-corrected chi connectivity index (χ4v) is 3.80. The number of thiophene rings is 1. The molecule has 0 saturated heterocycles. The Hall–Kier alpha value is -2.61. The number of carboxylic acid groups (broad SMARTS) is 1. The van der Waals surface area contributed by atoms with Crippen molar-refractivity contribution in [2.45, 2.75) is 26.9 Å². The van der Waals surface area contributed by atoms with Crippen molar-refractivity contribution in [3.05, 3.63) is 40.4 Å². The van der Waals surface area contributed by atoms with E-state index < -0.39 is 5.97 Å². The number of rotatable bonds is 5. The van der Waals surface area contributed by atoms with E-state index in [0.29, 0.717) is 17.8 Å². The number of hydrogen-bond donors (Lipinski definition) is 2. The second-order valence-corrected chi connectivity index (χ2v) is 6.85. The predicted octanol–water partition coefficient (Wildman–Crippen LogP) is 2.72. The van der Waals surface area contributed by atoms with Crippen molar-refractivity contribution >= 4 is 33.4 Å². The number of aryl methyl sites for hydroxylation is 2. The van der Waals surface area contributed by atoms with E-state index in [1.807, 2.05) is 11.5 Å². The van der Waals surface area contributed by atoms with Crippen molar-refractivity contribution in [1.82, 2.24) is 19.4 Å². The van der Waals surface area contributed by atoms with Gasteiger partial charge in [-0.05, 0) is 19.9 Å². The van der Waals surface area contributed by atoms with Crippen LogP contribution in [0.25, 0.3) is 10.2 Å². The summed E-state index contributed by atoms with van der Waals surface area (Å²) in [5, 5.41) is 9.32. The Labute approximate surface area is 142 Å². The van der Waals surface area contributed by atoms with E-state index in [-0.39, 0.29) is 11.5 Å². The molecular weight excluding hydrogens is 328 g/mol. The number of carboxylic acids is 1. The van der Waals surface area contributed by atoms with Gasteiger partial charge < -0.3 is 19.6 Å². The maximum absolute atomic E-state index is 12.6. The lowest BCUT2D eigenvalue weighted by molar-refractivity contribution is 0.0697.